The lowest BCUT2D eigenvalue weighted by Gasteiger charge is -2.29. The highest BCUT2D eigenvalue weighted by Crippen LogP contribution is 2.30. The van der Waals surface area contributed by atoms with Crippen molar-refractivity contribution >= 4 is 17.5 Å². The van der Waals surface area contributed by atoms with E-state index in [9.17, 15) is 9.90 Å². The number of aliphatic hydroxyl groups is 1. The third-order valence-corrected chi connectivity index (χ3v) is 6.00. The van der Waals surface area contributed by atoms with Gasteiger partial charge < -0.3 is 10.0 Å². The molecule has 3 aromatic rings. The van der Waals surface area contributed by atoms with E-state index in [0.717, 1.165) is 17.0 Å². The van der Waals surface area contributed by atoms with Crippen LogP contribution in [0, 0.1) is 0 Å². The zero-order valence-electron chi connectivity index (χ0n) is 18.5. The molecule has 3 heterocycles. The Labute approximate surface area is 193 Å². The maximum Gasteiger partial charge on any atom is 0.253 e. The molecule has 1 N–H and O–H groups in total. The standard InChI is InChI=1S/C25H27ClN4O2/c1-25(2,3)22-15-16(6-10-27-22)21-7-11-28-23(29-21)19-5-4-17(14-20(19)26)24(32)30-12-8-18(31)9-13-30/h4-7,10-11,14-15,18,31H,8-9,12-13H2,1-3H3. The van der Waals surface area contributed by atoms with Crippen molar-refractivity contribution in [3.8, 4) is 22.6 Å². The Hall–Kier alpha value is -2.83. The molecule has 4 rings (SSSR count). The average molecular weight is 451 g/mol. The molecule has 1 saturated heterocycles. The quantitative estimate of drug-likeness (QED) is 0.622. The zero-order chi connectivity index (χ0) is 22.9. The van der Waals surface area contributed by atoms with Crippen LogP contribution < -0.4 is 0 Å². The fourth-order valence-electron chi connectivity index (χ4n) is 3.73. The molecule has 1 aliphatic heterocycles. The first kappa shape index (κ1) is 22.4. The minimum atomic E-state index is -0.325. The molecule has 6 nitrogen and oxygen atoms in total. The SMILES string of the molecule is CC(C)(C)c1cc(-c2ccnc(-c3ccc(C(=O)N4CCC(O)CC4)cc3Cl)n2)ccn1. The Balaban J connectivity index is 1.60. The molecular formula is C25H27ClN4O2. The number of carbonyl (C=O) groups excluding carboxylic acids is 1. The maximum atomic E-state index is 12.8. The van der Waals surface area contributed by atoms with Gasteiger partial charge in [-0.05, 0) is 49.2 Å². The highest BCUT2D eigenvalue weighted by Gasteiger charge is 2.23. The molecule has 0 radical (unpaired) electrons. The van der Waals surface area contributed by atoms with Gasteiger partial charge in [0.05, 0.1) is 16.8 Å². The minimum Gasteiger partial charge on any atom is -0.393 e. The van der Waals surface area contributed by atoms with Gasteiger partial charge in [0.1, 0.15) is 0 Å². The van der Waals surface area contributed by atoms with E-state index in [0.29, 0.717) is 47.9 Å². The Morgan fingerprint density at radius 2 is 1.78 bits per heavy atom. The number of hydrogen-bond acceptors (Lipinski definition) is 5. The van der Waals surface area contributed by atoms with Crippen LogP contribution in [0.3, 0.4) is 0 Å². The lowest BCUT2D eigenvalue weighted by atomic mass is 9.90. The summed E-state index contributed by atoms with van der Waals surface area (Å²) in [6.45, 7) is 7.47. The Kier molecular flexibility index (Phi) is 6.26. The Morgan fingerprint density at radius 1 is 1.06 bits per heavy atom. The fraction of sp³-hybridized carbons (Fsp3) is 0.360. The molecule has 1 aromatic carbocycles. The highest BCUT2D eigenvalue weighted by molar-refractivity contribution is 6.33. The van der Waals surface area contributed by atoms with Crippen molar-refractivity contribution in [3.63, 3.8) is 0 Å². The summed E-state index contributed by atoms with van der Waals surface area (Å²) in [5.41, 5.74) is 3.86. The van der Waals surface area contributed by atoms with E-state index in [4.69, 9.17) is 16.6 Å². The van der Waals surface area contributed by atoms with Gasteiger partial charge >= 0.3 is 0 Å². The topological polar surface area (TPSA) is 79.2 Å². The van der Waals surface area contributed by atoms with Crippen LogP contribution in [0.4, 0.5) is 0 Å². The number of hydrogen-bond donors (Lipinski definition) is 1. The molecule has 7 heteroatoms. The summed E-state index contributed by atoms with van der Waals surface area (Å²) in [5, 5.41) is 10.1. The van der Waals surface area contributed by atoms with Gasteiger partial charge in [0.2, 0.25) is 0 Å². The molecule has 0 unspecified atom stereocenters. The number of aromatic nitrogens is 3. The van der Waals surface area contributed by atoms with Crippen LogP contribution in [0.5, 0.6) is 0 Å². The molecule has 0 aliphatic carbocycles. The number of piperidine rings is 1. The van der Waals surface area contributed by atoms with Crippen molar-refractivity contribution in [1.82, 2.24) is 19.9 Å². The largest absolute Gasteiger partial charge is 0.393 e. The molecule has 1 aliphatic rings. The highest BCUT2D eigenvalue weighted by atomic mass is 35.5. The number of pyridine rings is 1. The molecule has 0 spiro atoms. The van der Waals surface area contributed by atoms with Crippen LogP contribution >= 0.6 is 11.6 Å². The number of aliphatic hydroxyl groups excluding tert-OH is 1. The van der Waals surface area contributed by atoms with Gasteiger partial charge in [-0.1, -0.05) is 32.4 Å². The smallest absolute Gasteiger partial charge is 0.253 e. The summed E-state index contributed by atoms with van der Waals surface area (Å²) in [5.74, 6) is 0.424. The normalized spacial score (nSPS) is 15.1. The lowest BCUT2D eigenvalue weighted by molar-refractivity contribution is 0.0546. The Bertz CT molecular complexity index is 1130. The van der Waals surface area contributed by atoms with Crippen LogP contribution in [0.2, 0.25) is 5.02 Å². The second-order valence-corrected chi connectivity index (χ2v) is 9.57. The van der Waals surface area contributed by atoms with Gasteiger partial charge in [-0.25, -0.2) is 9.97 Å². The predicted molar refractivity (Wildman–Crippen MR) is 126 cm³/mol. The van der Waals surface area contributed by atoms with Crippen molar-refractivity contribution in [2.24, 2.45) is 0 Å². The number of nitrogens with zero attached hydrogens (tertiary/aromatic N) is 4. The van der Waals surface area contributed by atoms with Crippen LogP contribution in [-0.4, -0.2) is 50.1 Å². The monoisotopic (exact) mass is 450 g/mol. The van der Waals surface area contributed by atoms with Crippen molar-refractivity contribution in [2.75, 3.05) is 13.1 Å². The van der Waals surface area contributed by atoms with E-state index in [1.807, 2.05) is 18.2 Å². The van der Waals surface area contributed by atoms with Crippen LogP contribution in [-0.2, 0) is 5.41 Å². The number of likely N-dealkylation sites (tertiary alicyclic amines) is 1. The first-order chi connectivity index (χ1) is 15.2. The fourth-order valence-corrected chi connectivity index (χ4v) is 4.00. The number of rotatable bonds is 3. The Morgan fingerprint density at radius 3 is 2.47 bits per heavy atom. The summed E-state index contributed by atoms with van der Waals surface area (Å²) in [7, 11) is 0. The third-order valence-electron chi connectivity index (χ3n) is 5.69. The average Bonchev–Trinajstić information content (AvgIpc) is 2.78. The molecular weight excluding hydrogens is 424 g/mol. The maximum absolute atomic E-state index is 12.8. The molecule has 32 heavy (non-hydrogen) atoms. The molecule has 1 amide bonds. The first-order valence-corrected chi connectivity index (χ1v) is 11.2. The van der Waals surface area contributed by atoms with Crippen molar-refractivity contribution in [1.29, 1.82) is 0 Å². The lowest BCUT2D eigenvalue weighted by Crippen LogP contribution is -2.40. The predicted octanol–water partition coefficient (Wildman–Crippen LogP) is 4.75. The van der Waals surface area contributed by atoms with Crippen LogP contribution in [0.15, 0.2) is 48.8 Å². The number of carbonyl (C=O) groups is 1. The van der Waals surface area contributed by atoms with E-state index >= 15 is 0 Å². The van der Waals surface area contributed by atoms with E-state index in [1.165, 1.54) is 0 Å². The zero-order valence-corrected chi connectivity index (χ0v) is 19.3. The van der Waals surface area contributed by atoms with Crippen LogP contribution in [0.1, 0.15) is 49.7 Å². The summed E-state index contributed by atoms with van der Waals surface area (Å²) in [6.07, 6.45) is 4.39. The summed E-state index contributed by atoms with van der Waals surface area (Å²) in [6, 6.07) is 11.1. The van der Waals surface area contributed by atoms with Crippen molar-refractivity contribution < 1.29 is 9.90 Å². The van der Waals surface area contributed by atoms with Gasteiger partial charge in [0.25, 0.3) is 5.91 Å². The van der Waals surface area contributed by atoms with Gasteiger partial charge in [0.15, 0.2) is 5.82 Å². The summed E-state index contributed by atoms with van der Waals surface area (Å²) < 4.78 is 0. The van der Waals surface area contributed by atoms with Crippen molar-refractivity contribution in [2.45, 2.75) is 45.1 Å². The molecule has 1 fully saturated rings. The van der Waals surface area contributed by atoms with Crippen LogP contribution in [0.25, 0.3) is 22.6 Å². The summed E-state index contributed by atoms with van der Waals surface area (Å²) in [4.78, 5) is 28.2. The molecule has 2 aromatic heterocycles. The first-order valence-electron chi connectivity index (χ1n) is 10.8. The van der Waals surface area contributed by atoms with E-state index in [2.05, 4.69) is 30.7 Å². The third kappa shape index (κ3) is 4.81. The molecule has 0 atom stereocenters. The summed E-state index contributed by atoms with van der Waals surface area (Å²) >= 11 is 6.55. The second kappa shape index (κ2) is 8.96. The van der Waals surface area contributed by atoms with Crippen molar-refractivity contribution in [3.05, 3.63) is 65.1 Å². The number of benzene rings is 1. The van der Waals surface area contributed by atoms with E-state index in [-0.39, 0.29) is 17.4 Å². The number of halogens is 1. The molecule has 166 valence electrons. The molecule has 0 bridgehead atoms. The minimum absolute atomic E-state index is 0.0655. The van der Waals surface area contributed by atoms with Gasteiger partial charge in [0, 0.05) is 53.3 Å². The van der Waals surface area contributed by atoms with E-state index < -0.39 is 0 Å². The van der Waals surface area contributed by atoms with Gasteiger partial charge in [-0.15, -0.1) is 0 Å². The van der Waals surface area contributed by atoms with E-state index in [1.54, 1.807) is 35.5 Å². The van der Waals surface area contributed by atoms with Gasteiger partial charge in [-0.2, -0.15) is 0 Å². The number of amides is 1. The van der Waals surface area contributed by atoms with Gasteiger partial charge in [-0.3, -0.25) is 9.78 Å². The molecule has 0 saturated carbocycles. The second-order valence-electron chi connectivity index (χ2n) is 9.16.